The zero-order chi connectivity index (χ0) is 25.1. The average molecular weight is 556 g/mol. The number of amides is 2. The van der Waals surface area contributed by atoms with Crippen LogP contribution in [0.5, 0.6) is 0 Å². The summed E-state index contributed by atoms with van der Waals surface area (Å²) in [5.41, 5.74) is 7.66. The molecule has 1 aromatic heterocycles. The largest absolute Gasteiger partial charge is 0.480 e. The second kappa shape index (κ2) is 11.7. The highest BCUT2D eigenvalue weighted by atomic mass is 35.5. The second-order valence-corrected chi connectivity index (χ2v) is 9.71. The maximum absolute atomic E-state index is 12.8. The number of halogens is 1. The van der Waals surface area contributed by atoms with Crippen molar-refractivity contribution in [2.75, 3.05) is 11.5 Å². The van der Waals surface area contributed by atoms with Crippen LogP contribution in [0.3, 0.4) is 0 Å². The number of β-lactam (4-membered cyclic amide) rings is 1. The third-order valence-electron chi connectivity index (χ3n) is 5.42. The summed E-state index contributed by atoms with van der Waals surface area (Å²) in [5.74, 6) is -2.77. The molecule has 2 amide bonds. The van der Waals surface area contributed by atoms with Gasteiger partial charge in [0.1, 0.15) is 23.7 Å². The summed E-state index contributed by atoms with van der Waals surface area (Å²) in [6, 6.07) is 6.44. The van der Waals surface area contributed by atoms with E-state index in [1.54, 1.807) is 12.1 Å². The number of carbonyl (C=O) groups excluding carboxylic acids is 2. The van der Waals surface area contributed by atoms with Gasteiger partial charge in [-0.05, 0) is 27.1 Å². The highest BCUT2D eigenvalue weighted by molar-refractivity contribution is 8.01. The Balaban J connectivity index is 0.00000361. The molecule has 0 bridgehead atoms. The van der Waals surface area contributed by atoms with Crippen LogP contribution >= 0.6 is 35.9 Å². The van der Waals surface area contributed by atoms with Gasteiger partial charge in [-0.2, -0.15) is 0 Å². The van der Waals surface area contributed by atoms with Crippen LogP contribution in [-0.2, 0) is 38.7 Å². The molecule has 16 heteroatoms. The molecular formula is C20H22ClN7O6S2. The minimum Gasteiger partial charge on any atom is -0.480 e. The van der Waals surface area contributed by atoms with Gasteiger partial charge >= 0.3 is 11.9 Å². The average Bonchev–Trinajstić information content (AvgIpc) is 3.26. The van der Waals surface area contributed by atoms with Gasteiger partial charge < -0.3 is 21.3 Å². The number of nitrogens with one attached hydrogen (secondary N) is 1. The topological polar surface area (TPSA) is 194 Å². The predicted molar refractivity (Wildman–Crippen MR) is 131 cm³/mol. The van der Waals surface area contributed by atoms with Crippen molar-refractivity contribution in [1.29, 1.82) is 0 Å². The lowest BCUT2D eigenvalue weighted by molar-refractivity contribution is -0.150. The van der Waals surface area contributed by atoms with Gasteiger partial charge in [0.05, 0.1) is 6.42 Å². The van der Waals surface area contributed by atoms with E-state index < -0.39 is 35.8 Å². The van der Waals surface area contributed by atoms with E-state index in [4.69, 9.17) is 10.8 Å². The van der Waals surface area contributed by atoms with E-state index in [1.165, 1.54) is 16.7 Å². The molecule has 1 aromatic carbocycles. The highest BCUT2D eigenvalue weighted by Crippen LogP contribution is 2.41. The van der Waals surface area contributed by atoms with Crippen LogP contribution in [0, 0.1) is 0 Å². The van der Waals surface area contributed by atoms with Crippen molar-refractivity contribution >= 4 is 59.7 Å². The second-order valence-electron chi connectivity index (χ2n) is 7.66. The number of nitrogens with two attached hydrogens (primary N) is 1. The monoisotopic (exact) mass is 555 g/mol. The van der Waals surface area contributed by atoms with E-state index >= 15 is 0 Å². The van der Waals surface area contributed by atoms with Gasteiger partial charge in [-0.3, -0.25) is 19.3 Å². The first-order valence-electron chi connectivity index (χ1n) is 10.4. The summed E-state index contributed by atoms with van der Waals surface area (Å²) in [6.07, 6.45) is 0.0586. The van der Waals surface area contributed by atoms with Gasteiger partial charge in [0.2, 0.25) is 11.1 Å². The fourth-order valence-corrected chi connectivity index (χ4v) is 6.16. The molecule has 5 N–H and O–H groups in total. The summed E-state index contributed by atoms with van der Waals surface area (Å²) < 4.78 is 1.09. The third kappa shape index (κ3) is 5.64. The number of benzene rings is 1. The lowest BCUT2D eigenvalue weighted by Crippen LogP contribution is -2.70. The number of carbonyl (C=O) groups is 4. The van der Waals surface area contributed by atoms with Crippen molar-refractivity contribution in [3.8, 4) is 0 Å². The Morgan fingerprint density at radius 2 is 1.94 bits per heavy atom. The molecule has 2 aromatic rings. The summed E-state index contributed by atoms with van der Waals surface area (Å²) in [6.45, 7) is -0.146. The van der Waals surface area contributed by atoms with Gasteiger partial charge in [-0.25, -0.2) is 9.48 Å². The first-order valence-corrected chi connectivity index (χ1v) is 12.4. The molecule has 36 heavy (non-hydrogen) atoms. The van der Waals surface area contributed by atoms with Gasteiger partial charge in [0, 0.05) is 18.1 Å². The highest BCUT2D eigenvalue weighted by Gasteiger charge is 2.54. The Morgan fingerprint density at radius 3 is 2.61 bits per heavy atom. The number of thioether (sulfide) groups is 2. The van der Waals surface area contributed by atoms with E-state index in [0.717, 1.165) is 27.6 Å². The molecular weight excluding hydrogens is 534 g/mol. The van der Waals surface area contributed by atoms with Gasteiger partial charge in [0.15, 0.2) is 0 Å². The fraction of sp³-hybridized carbons (Fsp3) is 0.350. The number of tetrazole rings is 1. The molecule has 2 aliphatic heterocycles. The van der Waals surface area contributed by atoms with Gasteiger partial charge in [-0.1, -0.05) is 36.0 Å². The number of nitrogens with zero attached hydrogens (tertiary/aromatic N) is 5. The standard InChI is InChI=1S/C20H21N7O6S2.ClH/c21-6-11-4-2-1-3-10(11)5-13(28)22-15-17(31)27-16(19(32)33)12(8-34-18(15)27)9-35-20-23-24-25-26(20)7-14(29)30;/h1-4,15,18H,5-9,21H2,(H,22,28)(H,29,30)(H,32,33);1H/t15-,18-;/m1./s1. The van der Waals surface area contributed by atoms with Gasteiger partial charge in [-0.15, -0.1) is 29.3 Å². The van der Waals surface area contributed by atoms with Crippen LogP contribution in [0.25, 0.3) is 0 Å². The van der Waals surface area contributed by atoms with Crippen molar-refractivity contribution in [2.45, 2.75) is 36.1 Å². The number of aromatic nitrogens is 4. The van der Waals surface area contributed by atoms with Crippen molar-refractivity contribution in [1.82, 2.24) is 30.4 Å². The van der Waals surface area contributed by atoms with E-state index in [0.29, 0.717) is 11.3 Å². The zero-order valence-electron chi connectivity index (χ0n) is 18.6. The SMILES string of the molecule is Cl.NCc1ccccc1CC(=O)N[C@@H]1C(=O)N2C(C(=O)O)=C(CSc3nnnn3CC(=O)O)CS[C@H]12. The molecule has 0 radical (unpaired) electrons. The van der Waals surface area contributed by atoms with Crippen molar-refractivity contribution in [3.05, 3.63) is 46.7 Å². The van der Waals surface area contributed by atoms with Crippen molar-refractivity contribution in [2.24, 2.45) is 5.73 Å². The van der Waals surface area contributed by atoms with E-state index in [-0.39, 0.29) is 47.9 Å². The molecule has 192 valence electrons. The summed E-state index contributed by atoms with van der Waals surface area (Å²) in [4.78, 5) is 49.6. The van der Waals surface area contributed by atoms with Crippen LogP contribution in [0.1, 0.15) is 11.1 Å². The Bertz CT molecular complexity index is 1220. The number of rotatable bonds is 10. The van der Waals surface area contributed by atoms with Crippen LogP contribution in [-0.4, -0.2) is 82.0 Å². The molecule has 0 saturated carbocycles. The quantitative estimate of drug-likeness (QED) is 0.221. The van der Waals surface area contributed by atoms with Crippen LogP contribution in [0.2, 0.25) is 0 Å². The number of aliphatic carboxylic acids is 2. The van der Waals surface area contributed by atoms with Crippen molar-refractivity contribution < 1.29 is 29.4 Å². The number of hydrogen-bond acceptors (Lipinski definition) is 10. The molecule has 2 aliphatic rings. The molecule has 2 atom stereocenters. The summed E-state index contributed by atoms with van der Waals surface area (Å²) in [5, 5.41) is 32.0. The summed E-state index contributed by atoms with van der Waals surface area (Å²) >= 11 is 2.42. The predicted octanol–water partition coefficient (Wildman–Crippen LogP) is -0.288. The maximum atomic E-state index is 12.8. The normalized spacial score (nSPS) is 18.7. The Hall–Kier alpha value is -3.14. The number of carboxylic acids is 2. The lowest BCUT2D eigenvalue weighted by Gasteiger charge is -2.49. The van der Waals surface area contributed by atoms with E-state index in [2.05, 4.69) is 20.8 Å². The third-order valence-corrected chi connectivity index (χ3v) is 7.80. The first-order chi connectivity index (χ1) is 16.8. The van der Waals surface area contributed by atoms with Crippen LogP contribution in [0.4, 0.5) is 0 Å². The molecule has 0 unspecified atom stereocenters. The van der Waals surface area contributed by atoms with E-state index in [1.807, 2.05) is 12.1 Å². The minimum atomic E-state index is -1.26. The Morgan fingerprint density at radius 1 is 1.22 bits per heavy atom. The molecule has 13 nitrogen and oxygen atoms in total. The van der Waals surface area contributed by atoms with Crippen LogP contribution < -0.4 is 11.1 Å². The lowest BCUT2D eigenvalue weighted by atomic mass is 10.0. The fourth-order valence-electron chi connectivity index (χ4n) is 3.80. The zero-order valence-corrected chi connectivity index (χ0v) is 21.0. The number of hydrogen-bond donors (Lipinski definition) is 4. The molecule has 0 spiro atoms. The van der Waals surface area contributed by atoms with E-state index in [9.17, 15) is 24.3 Å². The van der Waals surface area contributed by atoms with Gasteiger partial charge in [0.25, 0.3) is 5.91 Å². The Labute approximate surface area is 219 Å². The first kappa shape index (κ1) is 27.4. The molecule has 0 aliphatic carbocycles. The van der Waals surface area contributed by atoms with Crippen LogP contribution in [0.15, 0.2) is 40.7 Å². The molecule has 1 fully saturated rings. The number of fused-ring (bicyclic) bond motifs is 1. The number of carboxylic acid groups (broad SMARTS) is 2. The minimum absolute atomic E-state index is 0. The molecule has 3 heterocycles. The van der Waals surface area contributed by atoms with Crippen molar-refractivity contribution in [3.63, 3.8) is 0 Å². The maximum Gasteiger partial charge on any atom is 0.352 e. The molecule has 1 saturated heterocycles. The smallest absolute Gasteiger partial charge is 0.352 e. The molecule has 4 rings (SSSR count). The Kier molecular flexibility index (Phi) is 8.94. The summed E-state index contributed by atoms with van der Waals surface area (Å²) in [7, 11) is 0.